The van der Waals surface area contributed by atoms with Gasteiger partial charge in [-0.3, -0.25) is 4.79 Å². The molecule has 0 aliphatic heterocycles. The molecule has 1 aromatic rings. The number of nitrogens with one attached hydrogen (secondary N) is 1. The third-order valence-corrected chi connectivity index (χ3v) is 3.39. The summed E-state index contributed by atoms with van der Waals surface area (Å²) in [6.45, 7) is 2.79. The molecule has 0 radical (unpaired) electrons. The number of rotatable bonds is 7. The maximum atomic E-state index is 11.6. The highest BCUT2D eigenvalue weighted by molar-refractivity contribution is 7.99. The normalized spacial score (nSPS) is 10.2. The lowest BCUT2D eigenvalue weighted by Gasteiger charge is -2.06. The second-order valence-electron chi connectivity index (χ2n) is 3.80. The lowest BCUT2D eigenvalue weighted by Crippen LogP contribution is -2.14. The first-order valence-corrected chi connectivity index (χ1v) is 7.08. The minimum Gasteiger partial charge on any atom is -0.330 e. The molecule has 1 rings (SSSR count). The van der Waals surface area contributed by atoms with E-state index < -0.39 is 0 Å². The number of hydrogen-bond acceptors (Lipinski definition) is 3. The van der Waals surface area contributed by atoms with Crippen LogP contribution in [0.25, 0.3) is 0 Å². The molecular formula is C13H20N2OS. The summed E-state index contributed by atoms with van der Waals surface area (Å²) in [5, 5.41) is 2.90. The zero-order chi connectivity index (χ0) is 12.5. The van der Waals surface area contributed by atoms with Gasteiger partial charge in [0, 0.05) is 5.69 Å². The Bertz CT molecular complexity index is 355. The third-order valence-electron chi connectivity index (χ3n) is 2.34. The summed E-state index contributed by atoms with van der Waals surface area (Å²) < 4.78 is 0. The van der Waals surface area contributed by atoms with Gasteiger partial charge in [-0.25, -0.2) is 0 Å². The number of benzene rings is 1. The maximum absolute atomic E-state index is 11.6. The van der Waals surface area contributed by atoms with Gasteiger partial charge >= 0.3 is 0 Å². The van der Waals surface area contributed by atoms with E-state index in [2.05, 4.69) is 18.3 Å². The third kappa shape index (κ3) is 5.75. The van der Waals surface area contributed by atoms with Crippen LogP contribution in [0.2, 0.25) is 0 Å². The largest absolute Gasteiger partial charge is 0.330 e. The zero-order valence-electron chi connectivity index (χ0n) is 10.2. The molecule has 17 heavy (non-hydrogen) atoms. The molecule has 0 saturated carbocycles. The highest BCUT2D eigenvalue weighted by atomic mass is 32.2. The molecule has 1 amide bonds. The Labute approximate surface area is 107 Å². The number of amides is 1. The van der Waals surface area contributed by atoms with Crippen LogP contribution in [0.4, 0.5) is 5.69 Å². The average Bonchev–Trinajstić information content (AvgIpc) is 2.35. The van der Waals surface area contributed by atoms with Gasteiger partial charge in [0.15, 0.2) is 0 Å². The van der Waals surface area contributed by atoms with Crippen LogP contribution < -0.4 is 11.1 Å². The SMILES string of the molecule is CCc1cccc(NC(=O)CSCCCN)c1. The number of anilines is 1. The highest BCUT2D eigenvalue weighted by Crippen LogP contribution is 2.12. The number of hydrogen-bond donors (Lipinski definition) is 2. The van der Waals surface area contributed by atoms with Crippen molar-refractivity contribution in [3.63, 3.8) is 0 Å². The molecule has 0 bridgehead atoms. The lowest BCUT2D eigenvalue weighted by molar-refractivity contribution is -0.113. The van der Waals surface area contributed by atoms with E-state index in [-0.39, 0.29) is 5.91 Å². The number of carbonyl (C=O) groups is 1. The first-order chi connectivity index (χ1) is 8.26. The Morgan fingerprint density at radius 3 is 3.00 bits per heavy atom. The molecule has 3 N–H and O–H groups in total. The van der Waals surface area contributed by atoms with E-state index in [9.17, 15) is 4.79 Å². The van der Waals surface area contributed by atoms with Gasteiger partial charge in [-0.05, 0) is 42.8 Å². The van der Waals surface area contributed by atoms with Gasteiger partial charge in [0.25, 0.3) is 0 Å². The molecule has 0 unspecified atom stereocenters. The molecular weight excluding hydrogens is 232 g/mol. The van der Waals surface area contributed by atoms with E-state index in [0.717, 1.165) is 24.3 Å². The summed E-state index contributed by atoms with van der Waals surface area (Å²) in [5.41, 5.74) is 7.50. The van der Waals surface area contributed by atoms with Crippen molar-refractivity contribution in [3.8, 4) is 0 Å². The number of carbonyl (C=O) groups excluding carboxylic acids is 1. The average molecular weight is 252 g/mol. The monoisotopic (exact) mass is 252 g/mol. The van der Waals surface area contributed by atoms with Crippen LogP contribution in [0.3, 0.4) is 0 Å². The number of nitrogens with two attached hydrogens (primary N) is 1. The smallest absolute Gasteiger partial charge is 0.234 e. The summed E-state index contributed by atoms with van der Waals surface area (Å²) in [4.78, 5) is 11.6. The van der Waals surface area contributed by atoms with Gasteiger partial charge < -0.3 is 11.1 Å². The topological polar surface area (TPSA) is 55.1 Å². The van der Waals surface area contributed by atoms with Crippen molar-refractivity contribution < 1.29 is 4.79 Å². The zero-order valence-corrected chi connectivity index (χ0v) is 11.1. The Balaban J connectivity index is 2.34. The Morgan fingerprint density at radius 2 is 2.29 bits per heavy atom. The van der Waals surface area contributed by atoms with Gasteiger partial charge in [0.05, 0.1) is 5.75 Å². The second kappa shape index (κ2) is 8.14. The van der Waals surface area contributed by atoms with Crippen LogP contribution in [0.5, 0.6) is 0 Å². The number of thioether (sulfide) groups is 1. The summed E-state index contributed by atoms with van der Waals surface area (Å²) in [6.07, 6.45) is 1.94. The predicted octanol–water partition coefficient (Wildman–Crippen LogP) is 2.27. The van der Waals surface area contributed by atoms with Crippen molar-refractivity contribution >= 4 is 23.4 Å². The fourth-order valence-corrected chi connectivity index (χ4v) is 2.19. The molecule has 0 aromatic heterocycles. The maximum Gasteiger partial charge on any atom is 0.234 e. The molecule has 94 valence electrons. The van der Waals surface area contributed by atoms with Gasteiger partial charge in [-0.15, -0.1) is 0 Å². The second-order valence-corrected chi connectivity index (χ2v) is 4.90. The van der Waals surface area contributed by atoms with Gasteiger partial charge in [-0.1, -0.05) is 19.1 Å². The van der Waals surface area contributed by atoms with Crippen LogP contribution in [0.15, 0.2) is 24.3 Å². The van der Waals surface area contributed by atoms with Crippen molar-refractivity contribution in [3.05, 3.63) is 29.8 Å². The first-order valence-electron chi connectivity index (χ1n) is 5.93. The summed E-state index contributed by atoms with van der Waals surface area (Å²) >= 11 is 1.62. The van der Waals surface area contributed by atoms with Crippen LogP contribution in [0, 0.1) is 0 Å². The molecule has 0 aliphatic carbocycles. The minimum absolute atomic E-state index is 0.0558. The Hall–Kier alpha value is -1.00. The van der Waals surface area contributed by atoms with Crippen molar-refractivity contribution in [2.24, 2.45) is 5.73 Å². The van der Waals surface area contributed by atoms with Gasteiger partial charge in [0.2, 0.25) is 5.91 Å². The summed E-state index contributed by atoms with van der Waals surface area (Å²) in [6, 6.07) is 7.96. The van der Waals surface area contributed by atoms with Crippen LogP contribution in [-0.2, 0) is 11.2 Å². The van der Waals surface area contributed by atoms with E-state index in [1.807, 2.05) is 18.2 Å². The van der Waals surface area contributed by atoms with E-state index in [1.54, 1.807) is 11.8 Å². The van der Waals surface area contributed by atoms with Crippen molar-refractivity contribution in [2.75, 3.05) is 23.4 Å². The predicted molar refractivity (Wildman–Crippen MR) is 75.4 cm³/mol. The van der Waals surface area contributed by atoms with Gasteiger partial charge in [0.1, 0.15) is 0 Å². The molecule has 0 fully saturated rings. The van der Waals surface area contributed by atoms with Crippen LogP contribution in [-0.4, -0.2) is 24.0 Å². The molecule has 0 atom stereocenters. The standard InChI is InChI=1S/C13H20N2OS/c1-2-11-5-3-6-12(9-11)15-13(16)10-17-8-4-7-14/h3,5-6,9H,2,4,7-8,10,14H2,1H3,(H,15,16). The fourth-order valence-electron chi connectivity index (χ4n) is 1.42. The first kappa shape index (κ1) is 14.1. The van der Waals surface area contributed by atoms with Crippen molar-refractivity contribution in [1.82, 2.24) is 0 Å². The number of aryl methyl sites for hydroxylation is 1. The molecule has 3 nitrogen and oxygen atoms in total. The van der Waals surface area contributed by atoms with E-state index in [4.69, 9.17) is 5.73 Å². The molecule has 0 heterocycles. The molecule has 0 aliphatic rings. The Kier molecular flexibility index (Phi) is 6.74. The Morgan fingerprint density at radius 1 is 1.47 bits per heavy atom. The fraction of sp³-hybridized carbons (Fsp3) is 0.462. The highest BCUT2D eigenvalue weighted by Gasteiger charge is 2.02. The molecule has 0 saturated heterocycles. The quantitative estimate of drug-likeness (QED) is 0.732. The van der Waals surface area contributed by atoms with E-state index in [1.165, 1.54) is 5.56 Å². The molecule has 0 spiro atoms. The summed E-state index contributed by atoms with van der Waals surface area (Å²) in [7, 11) is 0. The van der Waals surface area contributed by atoms with Gasteiger partial charge in [-0.2, -0.15) is 11.8 Å². The van der Waals surface area contributed by atoms with Crippen LogP contribution in [0.1, 0.15) is 18.9 Å². The summed E-state index contributed by atoms with van der Waals surface area (Å²) in [5.74, 6) is 1.50. The van der Waals surface area contributed by atoms with Crippen molar-refractivity contribution in [1.29, 1.82) is 0 Å². The van der Waals surface area contributed by atoms with Crippen LogP contribution >= 0.6 is 11.8 Å². The minimum atomic E-state index is 0.0558. The molecule has 4 heteroatoms. The van der Waals surface area contributed by atoms with E-state index in [0.29, 0.717) is 12.3 Å². The van der Waals surface area contributed by atoms with E-state index >= 15 is 0 Å². The lowest BCUT2D eigenvalue weighted by atomic mass is 10.1. The van der Waals surface area contributed by atoms with Crippen molar-refractivity contribution in [2.45, 2.75) is 19.8 Å². The molecule has 1 aromatic carbocycles.